The largest absolute Gasteiger partial charge is 0.469 e. The second-order valence-electron chi connectivity index (χ2n) is 7.98. The third kappa shape index (κ3) is 8.96. The summed E-state index contributed by atoms with van der Waals surface area (Å²) in [5, 5.41) is 14.0. The molecule has 0 radical (unpaired) electrons. The number of thiazole rings is 1. The van der Waals surface area contributed by atoms with E-state index in [0.29, 0.717) is 11.1 Å². The first-order chi connectivity index (χ1) is 17.9. The highest BCUT2D eigenvalue weighted by Crippen LogP contribution is 2.36. The van der Waals surface area contributed by atoms with Crippen molar-refractivity contribution >= 4 is 58.1 Å². The van der Waals surface area contributed by atoms with Gasteiger partial charge in [-0.15, -0.1) is 0 Å². The van der Waals surface area contributed by atoms with Gasteiger partial charge in [-0.25, -0.2) is 24.2 Å². The molecule has 2 atom stereocenters. The lowest BCUT2D eigenvalue weighted by Crippen LogP contribution is -2.52. The van der Waals surface area contributed by atoms with E-state index in [4.69, 9.17) is 26.1 Å². The smallest absolute Gasteiger partial charge is 0.447 e. The van der Waals surface area contributed by atoms with Crippen LogP contribution < -0.4 is 10.7 Å². The van der Waals surface area contributed by atoms with E-state index in [1.165, 1.54) is 36.5 Å². The van der Waals surface area contributed by atoms with Gasteiger partial charge in [0.25, 0.3) is 0 Å². The van der Waals surface area contributed by atoms with Crippen molar-refractivity contribution in [2.45, 2.75) is 32.0 Å². The number of amides is 2. The van der Waals surface area contributed by atoms with Crippen LogP contribution in [0.3, 0.4) is 0 Å². The summed E-state index contributed by atoms with van der Waals surface area (Å²) in [6.45, 7) is -0.0835. The zero-order valence-corrected chi connectivity index (χ0v) is 22.4. The molecule has 0 bridgehead atoms. The van der Waals surface area contributed by atoms with Crippen LogP contribution in [0.2, 0.25) is 5.02 Å². The Labute approximate surface area is 225 Å². The molecule has 2 amide bonds. The van der Waals surface area contributed by atoms with Gasteiger partial charge in [-0.05, 0) is 23.8 Å². The van der Waals surface area contributed by atoms with Crippen molar-refractivity contribution in [2.24, 2.45) is 0 Å². The Morgan fingerprint density at radius 3 is 2.63 bits per heavy atom. The van der Waals surface area contributed by atoms with Crippen LogP contribution in [0, 0.1) is 5.82 Å². The standard InChI is InChI=1S/C22H25ClFN4O8PS/c1-13(29)28(25-10-14-5-4-6-17(24)20(14)23)15(9-16(30)12-36-37(32,33)34)11-35-22(31)27-21-26-18-7-2-3-8-19(18)38-21/h2-8,15-16,25,30H,9-12H2,1H3,(H,26,27,31)(H2,32,33,34)/t15-,16+/m0/s1. The van der Waals surface area contributed by atoms with E-state index in [2.05, 4.69) is 20.3 Å². The number of benzene rings is 2. The number of carbonyl (C=O) groups is 2. The molecule has 0 saturated heterocycles. The Hall–Kier alpha value is -2.68. The van der Waals surface area contributed by atoms with Crippen LogP contribution in [0.4, 0.5) is 14.3 Å². The lowest BCUT2D eigenvalue weighted by Gasteiger charge is -2.32. The number of rotatable bonds is 12. The Morgan fingerprint density at radius 2 is 1.95 bits per heavy atom. The van der Waals surface area contributed by atoms with Crippen LogP contribution in [-0.4, -0.2) is 62.2 Å². The first-order valence-electron chi connectivity index (χ1n) is 11.1. The number of aliphatic hydroxyl groups excluding tert-OH is 1. The van der Waals surface area contributed by atoms with Crippen LogP contribution >= 0.6 is 30.8 Å². The average molecular weight is 591 g/mol. The number of carbonyl (C=O) groups excluding carboxylic acids is 2. The summed E-state index contributed by atoms with van der Waals surface area (Å²) < 4.78 is 35.2. The number of anilines is 1. The Balaban J connectivity index is 1.70. The van der Waals surface area contributed by atoms with Gasteiger partial charge in [-0.2, -0.15) is 0 Å². The summed E-state index contributed by atoms with van der Waals surface area (Å²) in [4.78, 5) is 47.0. The fourth-order valence-electron chi connectivity index (χ4n) is 3.39. The Kier molecular flexibility index (Phi) is 10.5. The number of nitrogens with zero attached hydrogens (tertiary/aromatic N) is 2. The summed E-state index contributed by atoms with van der Waals surface area (Å²) in [5.74, 6) is -1.21. The van der Waals surface area contributed by atoms with E-state index in [9.17, 15) is 23.7 Å². The molecule has 206 valence electrons. The maximum Gasteiger partial charge on any atom is 0.469 e. The van der Waals surface area contributed by atoms with Crippen LogP contribution in [0.25, 0.3) is 10.2 Å². The summed E-state index contributed by atoms with van der Waals surface area (Å²) in [6, 6.07) is 10.4. The second kappa shape index (κ2) is 13.4. The molecule has 5 N–H and O–H groups in total. The zero-order chi connectivity index (χ0) is 27.9. The summed E-state index contributed by atoms with van der Waals surface area (Å²) in [6.07, 6.45) is -2.64. The van der Waals surface area contributed by atoms with E-state index in [1.807, 2.05) is 12.1 Å². The molecule has 0 spiro atoms. The number of aliphatic hydroxyl groups is 1. The van der Waals surface area contributed by atoms with Gasteiger partial charge in [0.05, 0.1) is 34.0 Å². The first kappa shape index (κ1) is 29.9. The molecule has 2 aromatic carbocycles. The van der Waals surface area contributed by atoms with Gasteiger partial charge >= 0.3 is 13.9 Å². The number of nitrogens with one attached hydrogen (secondary N) is 2. The number of para-hydroxylation sites is 1. The average Bonchev–Trinajstić information content (AvgIpc) is 3.25. The maximum atomic E-state index is 13.8. The van der Waals surface area contributed by atoms with Crippen LogP contribution in [0.15, 0.2) is 42.5 Å². The third-order valence-corrected chi connectivity index (χ3v) is 6.93. The monoisotopic (exact) mass is 590 g/mol. The molecule has 1 heterocycles. The van der Waals surface area contributed by atoms with Crippen molar-refractivity contribution in [3.63, 3.8) is 0 Å². The van der Waals surface area contributed by atoms with E-state index in [0.717, 1.165) is 9.71 Å². The fourth-order valence-corrected chi connectivity index (χ4v) is 4.80. The number of aromatic nitrogens is 1. The highest BCUT2D eigenvalue weighted by atomic mass is 35.5. The number of hydrogen-bond donors (Lipinski definition) is 5. The van der Waals surface area contributed by atoms with Gasteiger partial charge in [-0.1, -0.05) is 47.2 Å². The van der Waals surface area contributed by atoms with Gasteiger partial charge in [-0.3, -0.25) is 19.6 Å². The number of fused-ring (bicyclic) bond motifs is 1. The number of hydrazine groups is 1. The maximum absolute atomic E-state index is 13.8. The normalized spacial score (nSPS) is 13.2. The molecule has 0 aliphatic carbocycles. The quantitative estimate of drug-likeness (QED) is 0.155. The van der Waals surface area contributed by atoms with Gasteiger partial charge in [0.1, 0.15) is 12.4 Å². The molecule has 0 aliphatic rings. The molecule has 16 heteroatoms. The summed E-state index contributed by atoms with van der Waals surface area (Å²) in [5.41, 5.74) is 3.79. The molecular formula is C22H25ClFN4O8PS. The van der Waals surface area contributed by atoms with Gasteiger partial charge in [0.2, 0.25) is 5.91 Å². The summed E-state index contributed by atoms with van der Waals surface area (Å²) in [7, 11) is -4.86. The van der Waals surface area contributed by atoms with Gasteiger partial charge in [0, 0.05) is 19.9 Å². The topological polar surface area (TPSA) is 171 Å². The Bertz CT molecular complexity index is 1290. The molecule has 3 aromatic rings. The molecule has 0 fully saturated rings. The number of hydrogen-bond acceptors (Lipinski definition) is 9. The summed E-state index contributed by atoms with van der Waals surface area (Å²) >= 11 is 7.21. The minimum absolute atomic E-state index is 0.0976. The van der Waals surface area contributed by atoms with Crippen LogP contribution in [0.1, 0.15) is 18.9 Å². The van der Waals surface area contributed by atoms with E-state index in [-0.39, 0.29) is 23.1 Å². The van der Waals surface area contributed by atoms with E-state index < -0.39 is 51.0 Å². The van der Waals surface area contributed by atoms with Crippen molar-refractivity contribution < 1.29 is 42.7 Å². The molecular weight excluding hydrogens is 566 g/mol. The SMILES string of the molecule is CC(=O)N(NCc1cccc(F)c1Cl)[C@H](COC(=O)Nc1nc2ccccc2s1)C[C@@H](O)COP(=O)(O)O. The second-order valence-corrected chi connectivity index (χ2v) is 10.6. The van der Waals surface area contributed by atoms with Crippen molar-refractivity contribution in [3.8, 4) is 0 Å². The van der Waals surface area contributed by atoms with E-state index >= 15 is 0 Å². The molecule has 1 aromatic heterocycles. The molecule has 12 nitrogen and oxygen atoms in total. The number of ether oxygens (including phenoxy) is 1. The molecule has 0 aliphatic heterocycles. The molecule has 3 rings (SSSR count). The van der Waals surface area contributed by atoms with Crippen LogP contribution in [0.5, 0.6) is 0 Å². The van der Waals surface area contributed by atoms with Crippen molar-refractivity contribution in [1.29, 1.82) is 0 Å². The number of phosphoric ester groups is 1. The predicted molar refractivity (Wildman–Crippen MR) is 138 cm³/mol. The van der Waals surface area contributed by atoms with E-state index in [1.54, 1.807) is 12.1 Å². The minimum Gasteiger partial charge on any atom is -0.447 e. The molecule has 38 heavy (non-hydrogen) atoms. The lowest BCUT2D eigenvalue weighted by molar-refractivity contribution is -0.137. The predicted octanol–water partition coefficient (Wildman–Crippen LogP) is 3.42. The molecule has 0 saturated carbocycles. The van der Waals surface area contributed by atoms with Gasteiger partial charge < -0.3 is 19.6 Å². The highest BCUT2D eigenvalue weighted by molar-refractivity contribution is 7.46. The zero-order valence-electron chi connectivity index (χ0n) is 19.9. The minimum atomic E-state index is -4.86. The third-order valence-electron chi connectivity index (χ3n) is 5.06. The van der Waals surface area contributed by atoms with Crippen LogP contribution in [-0.2, 0) is 25.2 Å². The van der Waals surface area contributed by atoms with Gasteiger partial charge in [0.15, 0.2) is 5.13 Å². The lowest BCUT2D eigenvalue weighted by atomic mass is 10.1. The van der Waals surface area contributed by atoms with Crippen molar-refractivity contribution in [2.75, 3.05) is 18.5 Å². The Morgan fingerprint density at radius 1 is 1.21 bits per heavy atom. The molecule has 0 unspecified atom stereocenters. The van der Waals surface area contributed by atoms with Crippen molar-refractivity contribution in [1.82, 2.24) is 15.4 Å². The number of phosphoric acid groups is 1. The fraction of sp³-hybridized carbons (Fsp3) is 0.318. The first-order valence-corrected chi connectivity index (χ1v) is 13.8. The van der Waals surface area contributed by atoms with Crippen molar-refractivity contribution in [3.05, 3.63) is 58.9 Å². The number of halogens is 2. The highest BCUT2D eigenvalue weighted by Gasteiger charge is 2.28.